The quantitative estimate of drug-likeness (QED) is 0.512. The molecule has 2 rings (SSSR count). The molecule has 0 bridgehead atoms. The molecule has 0 aromatic carbocycles. The van der Waals surface area contributed by atoms with Gasteiger partial charge >= 0.3 is 0 Å². The molecule has 1 aliphatic rings. The molecule has 0 saturated carbocycles. The Morgan fingerprint density at radius 2 is 2.19 bits per heavy atom. The lowest BCUT2D eigenvalue weighted by atomic mass is 10.1. The van der Waals surface area contributed by atoms with E-state index in [1.54, 1.807) is 12.1 Å². The molecule has 1 amide bonds. The Balaban J connectivity index is 2.08. The van der Waals surface area contributed by atoms with Crippen LogP contribution in [0.15, 0.2) is 34.8 Å². The van der Waals surface area contributed by atoms with Crippen LogP contribution in [0.2, 0.25) is 0 Å². The highest BCUT2D eigenvalue weighted by Crippen LogP contribution is 2.23. The molecular weight excluding hydrogens is 266 g/mol. The van der Waals surface area contributed by atoms with Gasteiger partial charge in [0.2, 0.25) is 0 Å². The maximum Gasteiger partial charge on any atom is 0.262 e. The van der Waals surface area contributed by atoms with Gasteiger partial charge in [0.15, 0.2) is 5.88 Å². The van der Waals surface area contributed by atoms with Crippen molar-refractivity contribution in [3.63, 3.8) is 0 Å². The average molecular weight is 285 g/mol. The van der Waals surface area contributed by atoms with Crippen LogP contribution in [-0.2, 0) is 4.79 Å². The zero-order chi connectivity index (χ0) is 15.1. The molecule has 1 aromatic heterocycles. The van der Waals surface area contributed by atoms with Crippen molar-refractivity contribution in [1.29, 1.82) is 5.26 Å². The Labute approximate surface area is 124 Å². The number of anilines is 1. The van der Waals surface area contributed by atoms with Gasteiger partial charge in [-0.1, -0.05) is 6.08 Å². The van der Waals surface area contributed by atoms with Gasteiger partial charge in [0, 0.05) is 31.8 Å². The summed E-state index contributed by atoms with van der Waals surface area (Å²) in [4.78, 5) is 13.9. The highest BCUT2D eigenvalue weighted by Gasteiger charge is 2.15. The molecule has 1 saturated heterocycles. The number of piperidine rings is 1. The molecule has 21 heavy (non-hydrogen) atoms. The first-order valence-corrected chi connectivity index (χ1v) is 7.10. The predicted molar refractivity (Wildman–Crippen MR) is 81.6 cm³/mol. The highest BCUT2D eigenvalue weighted by molar-refractivity contribution is 6.01. The van der Waals surface area contributed by atoms with E-state index in [1.807, 2.05) is 12.1 Å². The number of carbonyl (C=O) groups excluding carboxylic acids is 1. The Bertz CT molecular complexity index is 575. The molecule has 1 aromatic rings. The Kier molecular flexibility index (Phi) is 5.22. The summed E-state index contributed by atoms with van der Waals surface area (Å²) in [6.07, 6.45) is 6.62. The van der Waals surface area contributed by atoms with Gasteiger partial charge in [-0.3, -0.25) is 4.79 Å². The smallest absolute Gasteiger partial charge is 0.262 e. The van der Waals surface area contributed by atoms with Gasteiger partial charge in [-0.25, -0.2) is 0 Å². The number of rotatable bonds is 5. The van der Waals surface area contributed by atoms with Crippen LogP contribution in [0.1, 0.15) is 25.0 Å². The zero-order valence-corrected chi connectivity index (χ0v) is 12.0. The maximum atomic E-state index is 11.7. The minimum atomic E-state index is -0.423. The van der Waals surface area contributed by atoms with Crippen molar-refractivity contribution < 1.29 is 9.21 Å². The number of nitriles is 1. The molecule has 1 fully saturated rings. The number of hydrogen-bond acceptors (Lipinski definition) is 4. The third-order valence-electron chi connectivity index (χ3n) is 3.34. The van der Waals surface area contributed by atoms with Gasteiger partial charge in [-0.05, 0) is 25.3 Å². The van der Waals surface area contributed by atoms with Crippen LogP contribution < -0.4 is 10.2 Å². The van der Waals surface area contributed by atoms with Crippen molar-refractivity contribution >= 4 is 17.9 Å². The van der Waals surface area contributed by atoms with E-state index in [1.165, 1.54) is 25.3 Å². The summed E-state index contributed by atoms with van der Waals surface area (Å²) in [5, 5.41) is 11.6. The number of carbonyl (C=O) groups is 1. The molecule has 5 heteroatoms. The molecule has 0 aliphatic carbocycles. The molecule has 0 atom stereocenters. The minimum absolute atomic E-state index is 0.0244. The Hall–Kier alpha value is -2.48. The second kappa shape index (κ2) is 7.34. The summed E-state index contributed by atoms with van der Waals surface area (Å²) in [5.74, 6) is 0.888. The lowest BCUT2D eigenvalue weighted by Crippen LogP contribution is -2.28. The minimum Gasteiger partial charge on any atom is -0.441 e. The summed E-state index contributed by atoms with van der Waals surface area (Å²) >= 11 is 0. The van der Waals surface area contributed by atoms with Crippen molar-refractivity contribution in [3.05, 3.63) is 36.1 Å². The average Bonchev–Trinajstić information content (AvgIpc) is 2.99. The van der Waals surface area contributed by atoms with E-state index in [4.69, 9.17) is 9.68 Å². The summed E-state index contributed by atoms with van der Waals surface area (Å²) in [6, 6.07) is 5.55. The molecule has 2 heterocycles. The monoisotopic (exact) mass is 285 g/mol. The van der Waals surface area contributed by atoms with Crippen molar-refractivity contribution in [2.24, 2.45) is 0 Å². The zero-order valence-electron chi connectivity index (χ0n) is 12.0. The SMILES string of the molecule is C=CCNC(=O)/C(C#N)=C\c1ccc(N2CCCCC2)o1. The van der Waals surface area contributed by atoms with E-state index in [0.29, 0.717) is 12.3 Å². The Morgan fingerprint density at radius 1 is 1.43 bits per heavy atom. The van der Waals surface area contributed by atoms with Crippen LogP contribution >= 0.6 is 0 Å². The van der Waals surface area contributed by atoms with Crippen molar-refractivity contribution in [3.8, 4) is 6.07 Å². The van der Waals surface area contributed by atoms with Gasteiger partial charge in [0.05, 0.1) is 0 Å². The number of hydrogen-bond donors (Lipinski definition) is 1. The van der Waals surface area contributed by atoms with Gasteiger partial charge < -0.3 is 14.6 Å². The predicted octanol–water partition coefficient (Wildman–Crippen LogP) is 2.48. The van der Waals surface area contributed by atoms with Crippen molar-refractivity contribution in [2.75, 3.05) is 24.5 Å². The van der Waals surface area contributed by atoms with Crippen LogP contribution in [0.25, 0.3) is 6.08 Å². The van der Waals surface area contributed by atoms with Crippen LogP contribution in [0.5, 0.6) is 0 Å². The van der Waals surface area contributed by atoms with E-state index in [9.17, 15) is 4.79 Å². The van der Waals surface area contributed by atoms with E-state index < -0.39 is 5.91 Å². The van der Waals surface area contributed by atoms with Crippen LogP contribution in [0.4, 0.5) is 5.88 Å². The van der Waals surface area contributed by atoms with Crippen LogP contribution in [0.3, 0.4) is 0 Å². The first-order valence-electron chi connectivity index (χ1n) is 7.10. The molecule has 1 aliphatic heterocycles. The molecule has 0 unspecified atom stereocenters. The summed E-state index contributed by atoms with van der Waals surface area (Å²) in [5.41, 5.74) is 0.0244. The number of nitrogens with one attached hydrogen (secondary N) is 1. The topological polar surface area (TPSA) is 69.3 Å². The van der Waals surface area contributed by atoms with Gasteiger partial charge in [-0.2, -0.15) is 5.26 Å². The standard InChI is InChI=1S/C16H19N3O2/c1-2-8-18-16(20)13(12-17)11-14-6-7-15(21-14)19-9-4-3-5-10-19/h2,6-7,11H,1,3-5,8-10H2,(H,18,20)/b13-11-. The molecule has 1 N–H and O–H groups in total. The fourth-order valence-corrected chi connectivity index (χ4v) is 2.25. The fraction of sp³-hybridized carbons (Fsp3) is 0.375. The summed E-state index contributed by atoms with van der Waals surface area (Å²) in [6.45, 7) is 5.82. The molecule has 5 nitrogen and oxygen atoms in total. The summed E-state index contributed by atoms with van der Waals surface area (Å²) < 4.78 is 5.71. The van der Waals surface area contributed by atoms with Crippen molar-refractivity contribution in [2.45, 2.75) is 19.3 Å². The second-order valence-corrected chi connectivity index (χ2v) is 4.89. The Morgan fingerprint density at radius 3 is 2.86 bits per heavy atom. The van der Waals surface area contributed by atoms with E-state index >= 15 is 0 Å². The maximum absolute atomic E-state index is 11.7. The number of amides is 1. The van der Waals surface area contributed by atoms with E-state index in [0.717, 1.165) is 19.0 Å². The third kappa shape index (κ3) is 3.99. The molecule has 0 spiro atoms. The highest BCUT2D eigenvalue weighted by atomic mass is 16.4. The van der Waals surface area contributed by atoms with Crippen LogP contribution in [-0.4, -0.2) is 25.5 Å². The largest absolute Gasteiger partial charge is 0.441 e. The summed E-state index contributed by atoms with van der Waals surface area (Å²) in [7, 11) is 0. The molecule has 0 radical (unpaired) electrons. The number of nitrogens with zero attached hydrogens (tertiary/aromatic N) is 2. The lowest BCUT2D eigenvalue weighted by molar-refractivity contribution is -0.116. The normalized spacial score (nSPS) is 15.4. The number of furan rings is 1. The second-order valence-electron chi connectivity index (χ2n) is 4.89. The van der Waals surface area contributed by atoms with Gasteiger partial charge in [0.1, 0.15) is 17.4 Å². The van der Waals surface area contributed by atoms with Crippen molar-refractivity contribution in [1.82, 2.24) is 5.32 Å². The van der Waals surface area contributed by atoms with Gasteiger partial charge in [0.25, 0.3) is 5.91 Å². The van der Waals surface area contributed by atoms with E-state index in [2.05, 4.69) is 16.8 Å². The van der Waals surface area contributed by atoms with Gasteiger partial charge in [-0.15, -0.1) is 6.58 Å². The molecular formula is C16H19N3O2. The first-order chi connectivity index (χ1) is 10.2. The first kappa shape index (κ1) is 14.9. The molecule has 110 valence electrons. The lowest BCUT2D eigenvalue weighted by Gasteiger charge is -2.25. The van der Waals surface area contributed by atoms with E-state index in [-0.39, 0.29) is 5.57 Å². The third-order valence-corrected chi connectivity index (χ3v) is 3.34. The van der Waals surface area contributed by atoms with Crippen LogP contribution in [0, 0.1) is 11.3 Å². The fourth-order valence-electron chi connectivity index (χ4n) is 2.25.